The van der Waals surface area contributed by atoms with Crippen LogP contribution in [0.25, 0.3) is 0 Å². The number of nitrogens with zero attached hydrogens (tertiary/aromatic N) is 1. The summed E-state index contributed by atoms with van der Waals surface area (Å²) in [5.41, 5.74) is 1.80. The molecule has 3 nitrogen and oxygen atoms in total. The minimum Gasteiger partial charge on any atom is -0.207 e. The highest BCUT2D eigenvalue weighted by molar-refractivity contribution is 7.89. The monoisotopic (exact) mass is 329 g/mol. The first-order valence-corrected chi connectivity index (χ1v) is 9.52. The van der Waals surface area contributed by atoms with Gasteiger partial charge in [0, 0.05) is 19.0 Å². The van der Waals surface area contributed by atoms with Crippen molar-refractivity contribution >= 4 is 21.6 Å². The van der Waals surface area contributed by atoms with E-state index < -0.39 is 10.0 Å². The number of hydrogen-bond acceptors (Lipinski definition) is 2. The first-order chi connectivity index (χ1) is 9.90. The fourth-order valence-electron chi connectivity index (χ4n) is 3.15. The number of benzene rings is 1. The molecule has 1 saturated heterocycles. The molecule has 118 valence electrons. The molecule has 5 heteroatoms. The summed E-state index contributed by atoms with van der Waals surface area (Å²) < 4.78 is 27.5. The highest BCUT2D eigenvalue weighted by atomic mass is 35.5. The molecule has 1 aliphatic rings. The van der Waals surface area contributed by atoms with E-state index in [9.17, 15) is 8.42 Å². The molecule has 0 N–H and O–H groups in total. The summed E-state index contributed by atoms with van der Waals surface area (Å²) in [4.78, 5) is 0.406. The van der Waals surface area contributed by atoms with Crippen LogP contribution in [0.1, 0.15) is 44.2 Å². The molecule has 1 aromatic rings. The Kier molecular flexibility index (Phi) is 5.01. The van der Waals surface area contributed by atoms with Crippen molar-refractivity contribution in [3.63, 3.8) is 0 Å². The van der Waals surface area contributed by atoms with E-state index in [2.05, 4.69) is 13.8 Å². The summed E-state index contributed by atoms with van der Waals surface area (Å²) in [5.74, 6) is 0.336. The lowest BCUT2D eigenvalue weighted by Crippen LogP contribution is -2.32. The van der Waals surface area contributed by atoms with Crippen LogP contribution < -0.4 is 0 Å². The molecular formula is C16H24ClNO2S. The molecule has 1 fully saturated rings. The van der Waals surface area contributed by atoms with Crippen LogP contribution >= 0.6 is 11.6 Å². The van der Waals surface area contributed by atoms with Crippen LogP contribution in [0.15, 0.2) is 23.1 Å². The third-order valence-electron chi connectivity index (χ3n) is 5.06. The average molecular weight is 330 g/mol. The molecule has 1 heterocycles. The van der Waals surface area contributed by atoms with Gasteiger partial charge in [-0.2, -0.15) is 4.31 Å². The molecule has 0 amide bonds. The minimum atomic E-state index is -3.42. The van der Waals surface area contributed by atoms with E-state index in [0.29, 0.717) is 23.9 Å². The molecule has 1 aromatic carbocycles. The summed E-state index contributed by atoms with van der Waals surface area (Å²) in [5, 5.41) is 0. The van der Waals surface area contributed by atoms with E-state index in [0.717, 1.165) is 30.4 Å². The zero-order valence-corrected chi connectivity index (χ0v) is 14.6. The van der Waals surface area contributed by atoms with Crippen molar-refractivity contribution in [3.8, 4) is 0 Å². The van der Waals surface area contributed by atoms with Crippen LogP contribution in [-0.2, 0) is 15.9 Å². The Morgan fingerprint density at radius 2 is 1.95 bits per heavy atom. The summed E-state index contributed by atoms with van der Waals surface area (Å²) in [6.07, 6.45) is 3.00. The Morgan fingerprint density at radius 1 is 1.29 bits per heavy atom. The second-order valence-corrected chi connectivity index (χ2v) is 8.14. The number of halogens is 1. The van der Waals surface area contributed by atoms with E-state index in [4.69, 9.17) is 11.6 Å². The maximum absolute atomic E-state index is 12.9. The van der Waals surface area contributed by atoms with E-state index in [1.54, 1.807) is 16.4 Å². The van der Waals surface area contributed by atoms with Crippen molar-refractivity contribution in [2.45, 2.75) is 50.8 Å². The number of alkyl halides is 1. The van der Waals surface area contributed by atoms with Crippen molar-refractivity contribution in [1.29, 1.82) is 0 Å². The quantitative estimate of drug-likeness (QED) is 0.767. The zero-order valence-electron chi connectivity index (χ0n) is 13.0. The Morgan fingerprint density at radius 3 is 2.48 bits per heavy atom. The van der Waals surface area contributed by atoms with Gasteiger partial charge < -0.3 is 0 Å². The largest absolute Gasteiger partial charge is 0.243 e. The van der Waals surface area contributed by atoms with Crippen molar-refractivity contribution in [3.05, 3.63) is 29.3 Å². The van der Waals surface area contributed by atoms with E-state index in [-0.39, 0.29) is 5.41 Å². The van der Waals surface area contributed by atoms with Gasteiger partial charge in [-0.25, -0.2) is 8.42 Å². The summed E-state index contributed by atoms with van der Waals surface area (Å²) in [6, 6.07) is 5.35. The highest BCUT2D eigenvalue weighted by Gasteiger charge is 2.41. The smallest absolute Gasteiger partial charge is 0.207 e. The van der Waals surface area contributed by atoms with Crippen LogP contribution in [0.5, 0.6) is 0 Å². The topological polar surface area (TPSA) is 37.4 Å². The Labute approximate surface area is 133 Å². The van der Waals surface area contributed by atoms with Crippen molar-refractivity contribution in [1.82, 2.24) is 4.31 Å². The van der Waals surface area contributed by atoms with Crippen LogP contribution in [0.2, 0.25) is 0 Å². The van der Waals surface area contributed by atoms with Gasteiger partial charge in [0.2, 0.25) is 10.0 Å². The Bertz CT molecular complexity index is 609. The zero-order chi connectivity index (χ0) is 15.7. The molecule has 0 radical (unpaired) electrons. The van der Waals surface area contributed by atoms with E-state index in [1.165, 1.54) is 0 Å². The average Bonchev–Trinajstić information content (AvgIpc) is 2.93. The number of rotatable bonds is 5. The van der Waals surface area contributed by atoms with E-state index >= 15 is 0 Å². The Hall–Kier alpha value is -0.580. The summed E-state index contributed by atoms with van der Waals surface area (Å²) in [7, 11) is -3.42. The molecule has 1 aliphatic heterocycles. The van der Waals surface area contributed by atoms with Crippen LogP contribution in [0.3, 0.4) is 0 Å². The van der Waals surface area contributed by atoms with Gasteiger partial charge in [0.1, 0.15) is 0 Å². The maximum atomic E-state index is 12.9. The van der Waals surface area contributed by atoms with Gasteiger partial charge in [-0.1, -0.05) is 26.0 Å². The van der Waals surface area contributed by atoms with Crippen LogP contribution in [0, 0.1) is 12.3 Å². The predicted octanol–water partition coefficient (Wildman–Crippen LogP) is 3.93. The van der Waals surface area contributed by atoms with Crippen LogP contribution in [-0.4, -0.2) is 25.8 Å². The second-order valence-electron chi connectivity index (χ2n) is 5.97. The number of sulfonamides is 1. The normalized spacial score (nSPS) is 19.0. The van der Waals surface area contributed by atoms with Crippen molar-refractivity contribution < 1.29 is 8.42 Å². The lowest BCUT2D eigenvalue weighted by Gasteiger charge is -2.26. The molecule has 0 aliphatic carbocycles. The van der Waals surface area contributed by atoms with Crippen molar-refractivity contribution in [2.24, 2.45) is 5.41 Å². The molecule has 0 bridgehead atoms. The fraction of sp³-hybridized carbons (Fsp3) is 0.625. The SMILES string of the molecule is CCC1(CC)CCN(S(=O)(=O)c2cccc(CCl)c2C)C1. The molecule has 0 unspecified atom stereocenters. The predicted molar refractivity (Wildman–Crippen MR) is 87.1 cm³/mol. The lowest BCUT2D eigenvalue weighted by molar-refractivity contribution is 0.279. The van der Waals surface area contributed by atoms with E-state index in [1.807, 2.05) is 13.0 Å². The molecule has 0 saturated carbocycles. The minimum absolute atomic E-state index is 0.144. The van der Waals surface area contributed by atoms with Gasteiger partial charge in [-0.15, -0.1) is 11.6 Å². The van der Waals surface area contributed by atoms with Crippen LogP contribution in [0.4, 0.5) is 0 Å². The fourth-order valence-corrected chi connectivity index (χ4v) is 5.26. The molecular weight excluding hydrogens is 306 g/mol. The van der Waals surface area contributed by atoms with Gasteiger partial charge >= 0.3 is 0 Å². The van der Waals surface area contributed by atoms with Crippen molar-refractivity contribution in [2.75, 3.05) is 13.1 Å². The van der Waals surface area contributed by atoms with Gasteiger partial charge in [-0.05, 0) is 48.8 Å². The third-order valence-corrected chi connectivity index (χ3v) is 7.34. The van der Waals surface area contributed by atoms with Gasteiger partial charge in [-0.3, -0.25) is 0 Å². The summed E-state index contributed by atoms with van der Waals surface area (Å²) >= 11 is 5.90. The standard InChI is InChI=1S/C16H24ClNO2S/c1-4-16(5-2)9-10-18(12-16)21(19,20)15-8-6-7-14(11-17)13(15)3/h6-8H,4-5,9-12H2,1-3H3. The molecule has 0 spiro atoms. The number of hydrogen-bond donors (Lipinski definition) is 0. The molecule has 21 heavy (non-hydrogen) atoms. The molecule has 0 atom stereocenters. The first-order valence-electron chi connectivity index (χ1n) is 7.55. The van der Waals surface area contributed by atoms with Gasteiger partial charge in [0.15, 0.2) is 0 Å². The maximum Gasteiger partial charge on any atom is 0.243 e. The molecule has 0 aromatic heterocycles. The summed E-state index contributed by atoms with van der Waals surface area (Å²) in [6.45, 7) is 7.40. The van der Waals surface area contributed by atoms with Gasteiger partial charge in [0.25, 0.3) is 0 Å². The molecule has 2 rings (SSSR count). The Balaban J connectivity index is 2.36. The second kappa shape index (κ2) is 6.27. The van der Waals surface area contributed by atoms with Gasteiger partial charge in [0.05, 0.1) is 4.90 Å². The lowest BCUT2D eigenvalue weighted by atomic mass is 9.82. The highest BCUT2D eigenvalue weighted by Crippen LogP contribution is 2.39. The third kappa shape index (κ3) is 2.99. The first kappa shape index (κ1) is 16.8.